The van der Waals surface area contributed by atoms with Gasteiger partial charge in [-0.25, -0.2) is 4.79 Å². The number of rotatable bonds is 1. The van der Waals surface area contributed by atoms with E-state index in [0.717, 1.165) is 12.8 Å². The SMILES string of the molecule is CC(C)(C)OC(=O)N1CCC(C(=O)N2CCC(C#N)CC2)CC1. The first-order valence-electron chi connectivity index (χ1n) is 8.46. The summed E-state index contributed by atoms with van der Waals surface area (Å²) in [5.74, 6) is 0.269. The molecule has 128 valence electrons. The number of carbonyl (C=O) groups excluding carboxylic acids is 2. The molecule has 0 aromatic rings. The molecule has 2 fully saturated rings. The van der Waals surface area contributed by atoms with E-state index in [1.54, 1.807) is 4.90 Å². The molecule has 2 aliphatic rings. The van der Waals surface area contributed by atoms with E-state index in [9.17, 15) is 9.59 Å². The van der Waals surface area contributed by atoms with Gasteiger partial charge in [-0.3, -0.25) is 4.79 Å². The minimum absolute atomic E-state index is 0.00711. The number of likely N-dealkylation sites (tertiary alicyclic amines) is 2. The highest BCUT2D eigenvalue weighted by atomic mass is 16.6. The van der Waals surface area contributed by atoms with Crippen molar-refractivity contribution in [2.75, 3.05) is 26.2 Å². The molecular formula is C17H27N3O3. The Morgan fingerprint density at radius 1 is 1.00 bits per heavy atom. The van der Waals surface area contributed by atoms with Crippen LogP contribution in [-0.4, -0.2) is 53.6 Å². The molecule has 6 heteroatoms. The van der Waals surface area contributed by atoms with Crippen molar-refractivity contribution in [3.8, 4) is 6.07 Å². The first-order chi connectivity index (χ1) is 10.8. The molecule has 0 bridgehead atoms. The van der Waals surface area contributed by atoms with Crippen molar-refractivity contribution < 1.29 is 14.3 Å². The average Bonchev–Trinajstić information content (AvgIpc) is 2.53. The Bertz CT molecular complexity index is 476. The van der Waals surface area contributed by atoms with E-state index in [2.05, 4.69) is 6.07 Å². The largest absolute Gasteiger partial charge is 0.444 e. The lowest BCUT2D eigenvalue weighted by atomic mass is 9.92. The topological polar surface area (TPSA) is 73.6 Å². The third-order valence-corrected chi connectivity index (χ3v) is 4.49. The number of hydrogen-bond acceptors (Lipinski definition) is 4. The molecule has 0 atom stereocenters. The van der Waals surface area contributed by atoms with Crippen LogP contribution in [0, 0.1) is 23.2 Å². The van der Waals surface area contributed by atoms with Gasteiger partial charge in [0.05, 0.1) is 6.07 Å². The van der Waals surface area contributed by atoms with Crippen LogP contribution in [0.5, 0.6) is 0 Å². The fourth-order valence-electron chi connectivity index (χ4n) is 3.12. The summed E-state index contributed by atoms with van der Waals surface area (Å²) in [6.07, 6.45) is 2.64. The first-order valence-corrected chi connectivity index (χ1v) is 8.46. The molecule has 2 aliphatic heterocycles. The van der Waals surface area contributed by atoms with E-state index in [1.807, 2.05) is 25.7 Å². The van der Waals surface area contributed by atoms with E-state index in [-0.39, 0.29) is 23.8 Å². The molecule has 2 rings (SSSR count). The summed E-state index contributed by atoms with van der Waals surface area (Å²) in [6.45, 7) is 8.07. The Kier molecular flexibility index (Phi) is 5.51. The molecule has 2 amide bonds. The zero-order valence-corrected chi connectivity index (χ0v) is 14.4. The smallest absolute Gasteiger partial charge is 0.410 e. The Morgan fingerprint density at radius 3 is 2.00 bits per heavy atom. The van der Waals surface area contributed by atoms with Crippen molar-refractivity contribution >= 4 is 12.0 Å². The number of nitriles is 1. The van der Waals surface area contributed by atoms with Crippen molar-refractivity contribution in [2.24, 2.45) is 11.8 Å². The van der Waals surface area contributed by atoms with Crippen LogP contribution < -0.4 is 0 Å². The molecule has 0 unspecified atom stereocenters. The first kappa shape index (κ1) is 17.6. The van der Waals surface area contributed by atoms with Gasteiger partial charge < -0.3 is 14.5 Å². The molecular weight excluding hydrogens is 294 g/mol. The van der Waals surface area contributed by atoms with E-state index in [1.165, 1.54) is 0 Å². The summed E-state index contributed by atoms with van der Waals surface area (Å²) in [5, 5.41) is 8.92. The van der Waals surface area contributed by atoms with Crippen LogP contribution in [0.1, 0.15) is 46.5 Å². The predicted molar refractivity (Wildman–Crippen MR) is 85.4 cm³/mol. The number of nitrogens with zero attached hydrogens (tertiary/aromatic N) is 3. The summed E-state index contributed by atoms with van der Waals surface area (Å²) < 4.78 is 5.37. The van der Waals surface area contributed by atoms with Gasteiger partial charge in [0.25, 0.3) is 0 Å². The van der Waals surface area contributed by atoms with Crippen LogP contribution in [0.15, 0.2) is 0 Å². The summed E-state index contributed by atoms with van der Waals surface area (Å²) in [6, 6.07) is 2.28. The molecule has 2 heterocycles. The third kappa shape index (κ3) is 4.85. The van der Waals surface area contributed by atoms with Crippen LogP contribution in [0.25, 0.3) is 0 Å². The lowest BCUT2D eigenvalue weighted by Crippen LogP contribution is -2.47. The van der Waals surface area contributed by atoms with Crippen LogP contribution in [0.2, 0.25) is 0 Å². The number of hydrogen-bond donors (Lipinski definition) is 0. The van der Waals surface area contributed by atoms with Crippen molar-refractivity contribution in [3.63, 3.8) is 0 Å². The maximum atomic E-state index is 12.6. The van der Waals surface area contributed by atoms with Gasteiger partial charge in [-0.15, -0.1) is 0 Å². The molecule has 6 nitrogen and oxygen atoms in total. The minimum Gasteiger partial charge on any atom is -0.444 e. The van der Waals surface area contributed by atoms with Gasteiger partial charge in [-0.05, 0) is 46.5 Å². The average molecular weight is 321 g/mol. The van der Waals surface area contributed by atoms with E-state index < -0.39 is 5.60 Å². The van der Waals surface area contributed by atoms with Crippen LogP contribution in [0.3, 0.4) is 0 Å². The van der Waals surface area contributed by atoms with Gasteiger partial charge in [-0.2, -0.15) is 5.26 Å². The molecule has 0 spiro atoms. The number of ether oxygens (including phenoxy) is 1. The number of piperidine rings is 2. The van der Waals surface area contributed by atoms with Gasteiger partial charge >= 0.3 is 6.09 Å². The lowest BCUT2D eigenvalue weighted by Gasteiger charge is -2.36. The second kappa shape index (κ2) is 7.20. The van der Waals surface area contributed by atoms with Gasteiger partial charge in [0.2, 0.25) is 5.91 Å². The number of carbonyl (C=O) groups is 2. The second-order valence-corrected chi connectivity index (χ2v) is 7.47. The molecule has 0 aromatic heterocycles. The van der Waals surface area contributed by atoms with Crippen molar-refractivity contribution in [1.82, 2.24) is 9.80 Å². The second-order valence-electron chi connectivity index (χ2n) is 7.47. The lowest BCUT2D eigenvalue weighted by molar-refractivity contribution is -0.138. The predicted octanol–water partition coefficient (Wildman–Crippen LogP) is 2.40. The highest BCUT2D eigenvalue weighted by Gasteiger charge is 2.33. The molecule has 0 aliphatic carbocycles. The molecule has 23 heavy (non-hydrogen) atoms. The van der Waals surface area contributed by atoms with Crippen molar-refractivity contribution in [3.05, 3.63) is 0 Å². The van der Waals surface area contributed by atoms with Gasteiger partial charge in [0, 0.05) is 38.0 Å². The summed E-state index contributed by atoms with van der Waals surface area (Å²) in [4.78, 5) is 28.2. The van der Waals surface area contributed by atoms with E-state index in [0.29, 0.717) is 39.0 Å². The van der Waals surface area contributed by atoms with Gasteiger partial charge in [-0.1, -0.05) is 0 Å². The summed E-state index contributed by atoms with van der Waals surface area (Å²) in [7, 11) is 0. The minimum atomic E-state index is -0.491. The molecule has 0 saturated carbocycles. The standard InChI is InChI=1S/C17H27N3O3/c1-17(2,3)23-16(22)20-10-6-14(7-11-20)15(21)19-8-4-13(12-18)5-9-19/h13-14H,4-11H2,1-3H3. The maximum absolute atomic E-state index is 12.6. The normalized spacial score (nSPS) is 21.0. The zero-order valence-electron chi connectivity index (χ0n) is 14.4. The summed E-state index contributed by atoms with van der Waals surface area (Å²) >= 11 is 0. The molecule has 2 saturated heterocycles. The molecule has 0 N–H and O–H groups in total. The third-order valence-electron chi connectivity index (χ3n) is 4.49. The van der Waals surface area contributed by atoms with E-state index >= 15 is 0 Å². The zero-order chi connectivity index (χ0) is 17.0. The molecule has 0 radical (unpaired) electrons. The fourth-order valence-corrected chi connectivity index (χ4v) is 3.12. The van der Waals surface area contributed by atoms with Crippen LogP contribution >= 0.6 is 0 Å². The van der Waals surface area contributed by atoms with Gasteiger partial charge in [0.1, 0.15) is 5.60 Å². The van der Waals surface area contributed by atoms with Crippen molar-refractivity contribution in [1.29, 1.82) is 5.26 Å². The fraction of sp³-hybridized carbons (Fsp3) is 0.824. The Balaban J connectivity index is 1.79. The Labute approximate surface area is 138 Å². The Hall–Kier alpha value is -1.77. The van der Waals surface area contributed by atoms with Crippen LogP contribution in [-0.2, 0) is 9.53 Å². The van der Waals surface area contributed by atoms with Crippen molar-refractivity contribution in [2.45, 2.75) is 52.1 Å². The van der Waals surface area contributed by atoms with Gasteiger partial charge in [0.15, 0.2) is 0 Å². The highest BCUT2D eigenvalue weighted by Crippen LogP contribution is 2.24. The maximum Gasteiger partial charge on any atom is 0.410 e. The van der Waals surface area contributed by atoms with Crippen LogP contribution in [0.4, 0.5) is 4.79 Å². The quantitative estimate of drug-likeness (QED) is 0.743. The highest BCUT2D eigenvalue weighted by molar-refractivity contribution is 5.79. The number of amides is 2. The summed E-state index contributed by atoms with van der Waals surface area (Å²) in [5.41, 5.74) is -0.491. The monoisotopic (exact) mass is 321 g/mol. The Morgan fingerprint density at radius 2 is 1.52 bits per heavy atom. The van der Waals surface area contributed by atoms with E-state index in [4.69, 9.17) is 10.00 Å². The molecule has 0 aromatic carbocycles.